The van der Waals surface area contributed by atoms with Gasteiger partial charge in [0.2, 0.25) is 5.91 Å². The van der Waals surface area contributed by atoms with Gasteiger partial charge in [0.25, 0.3) is 5.91 Å². The molecule has 1 aromatic carbocycles. The van der Waals surface area contributed by atoms with E-state index in [0.717, 1.165) is 6.42 Å². The Kier molecular flexibility index (Phi) is 5.60. The highest BCUT2D eigenvalue weighted by Crippen LogP contribution is 2.30. The number of aliphatic carboxylic acids is 1. The van der Waals surface area contributed by atoms with E-state index in [2.05, 4.69) is 10.6 Å². The molecule has 2 rings (SSSR count). The Hall–Kier alpha value is -2.08. The van der Waals surface area contributed by atoms with E-state index < -0.39 is 11.9 Å². The van der Waals surface area contributed by atoms with Gasteiger partial charge in [0.15, 0.2) is 0 Å². The van der Waals surface area contributed by atoms with Crippen molar-refractivity contribution >= 4 is 35.1 Å². The first-order chi connectivity index (χ1) is 10.9. The minimum atomic E-state index is -0.847. The van der Waals surface area contributed by atoms with Gasteiger partial charge in [-0.25, -0.2) is 0 Å². The molecule has 0 saturated heterocycles. The topological polar surface area (TPSA) is 95.5 Å². The summed E-state index contributed by atoms with van der Waals surface area (Å²) >= 11 is 6.05. The maximum atomic E-state index is 12.3. The molecule has 6 nitrogen and oxygen atoms in total. The molecule has 1 fully saturated rings. The molecule has 0 spiro atoms. The molecule has 0 aromatic heterocycles. The van der Waals surface area contributed by atoms with Gasteiger partial charge in [-0.15, -0.1) is 0 Å². The van der Waals surface area contributed by atoms with Crippen LogP contribution in [0.2, 0.25) is 5.02 Å². The van der Waals surface area contributed by atoms with Crippen LogP contribution in [0.3, 0.4) is 0 Å². The van der Waals surface area contributed by atoms with Crippen LogP contribution in [-0.4, -0.2) is 29.9 Å². The summed E-state index contributed by atoms with van der Waals surface area (Å²) in [5, 5.41) is 14.6. The highest BCUT2D eigenvalue weighted by Gasteiger charge is 2.31. The third-order valence-corrected chi connectivity index (χ3v) is 4.42. The van der Waals surface area contributed by atoms with Crippen LogP contribution in [0.4, 0.5) is 5.69 Å². The van der Waals surface area contributed by atoms with Crippen molar-refractivity contribution in [3.8, 4) is 0 Å². The first kappa shape index (κ1) is 17.3. The summed E-state index contributed by atoms with van der Waals surface area (Å²) in [6, 6.07) is 4.66. The van der Waals surface area contributed by atoms with Crippen molar-refractivity contribution in [1.29, 1.82) is 0 Å². The number of amides is 2. The van der Waals surface area contributed by atoms with Gasteiger partial charge in [0.05, 0.1) is 16.5 Å². The number of hydrogen-bond donors (Lipinski definition) is 3. The Balaban J connectivity index is 2.04. The number of halogens is 1. The molecule has 7 heteroatoms. The van der Waals surface area contributed by atoms with E-state index in [1.54, 1.807) is 6.07 Å². The van der Waals surface area contributed by atoms with Crippen LogP contribution < -0.4 is 10.6 Å². The molecule has 1 saturated carbocycles. The molecule has 1 aliphatic carbocycles. The molecule has 2 atom stereocenters. The summed E-state index contributed by atoms with van der Waals surface area (Å²) in [5.74, 6) is -2.13. The first-order valence-corrected chi connectivity index (χ1v) is 7.85. The molecule has 0 heterocycles. The minimum absolute atomic E-state index is 0.209. The van der Waals surface area contributed by atoms with Crippen LogP contribution in [0.25, 0.3) is 0 Å². The number of carboxylic acids is 1. The lowest BCUT2D eigenvalue weighted by atomic mass is 9.81. The molecule has 3 N–H and O–H groups in total. The standard InChI is InChI=1S/C16H19ClN2O4/c1-18-15(21)12-6-5-11(8-13(12)17)19-14(20)9-3-2-4-10(7-9)16(22)23/h5-6,8-10H,2-4,7H2,1H3,(H,18,21)(H,19,20)(H,22,23). The summed E-state index contributed by atoms with van der Waals surface area (Å²) in [6.07, 6.45) is 2.38. The molecule has 2 amide bonds. The fourth-order valence-corrected chi connectivity index (χ4v) is 3.07. The molecule has 0 radical (unpaired) electrons. The van der Waals surface area contributed by atoms with E-state index >= 15 is 0 Å². The number of carboxylic acid groups (broad SMARTS) is 1. The number of nitrogens with one attached hydrogen (secondary N) is 2. The van der Waals surface area contributed by atoms with E-state index in [4.69, 9.17) is 16.7 Å². The Morgan fingerprint density at radius 2 is 1.91 bits per heavy atom. The Labute approximate surface area is 139 Å². The Morgan fingerprint density at radius 3 is 2.52 bits per heavy atom. The molecule has 0 bridgehead atoms. The average molecular weight is 339 g/mol. The zero-order valence-corrected chi connectivity index (χ0v) is 13.5. The van der Waals surface area contributed by atoms with Crippen LogP contribution >= 0.6 is 11.6 Å². The zero-order chi connectivity index (χ0) is 17.0. The van der Waals surface area contributed by atoms with E-state index in [1.165, 1.54) is 19.2 Å². The van der Waals surface area contributed by atoms with Crippen molar-refractivity contribution in [3.63, 3.8) is 0 Å². The third kappa shape index (κ3) is 4.22. The molecule has 1 aliphatic rings. The van der Waals surface area contributed by atoms with Gasteiger partial charge >= 0.3 is 5.97 Å². The number of hydrogen-bond acceptors (Lipinski definition) is 3. The molecule has 2 unspecified atom stereocenters. The van der Waals surface area contributed by atoms with Gasteiger partial charge in [-0.05, 0) is 37.5 Å². The summed E-state index contributed by atoms with van der Waals surface area (Å²) in [5.41, 5.74) is 0.820. The smallest absolute Gasteiger partial charge is 0.306 e. The normalized spacial score (nSPS) is 20.6. The van der Waals surface area contributed by atoms with Gasteiger partial charge in [0, 0.05) is 18.7 Å². The predicted molar refractivity (Wildman–Crippen MR) is 86.6 cm³/mol. The maximum absolute atomic E-state index is 12.3. The molecular weight excluding hydrogens is 320 g/mol. The van der Waals surface area contributed by atoms with E-state index in [-0.39, 0.29) is 22.8 Å². The van der Waals surface area contributed by atoms with Crippen LogP contribution in [0.1, 0.15) is 36.0 Å². The highest BCUT2D eigenvalue weighted by atomic mass is 35.5. The zero-order valence-electron chi connectivity index (χ0n) is 12.8. The SMILES string of the molecule is CNC(=O)c1ccc(NC(=O)C2CCCC(C(=O)O)C2)cc1Cl. The predicted octanol–water partition coefficient (Wildman–Crippen LogP) is 2.53. The van der Waals surface area contributed by atoms with Crippen LogP contribution in [0, 0.1) is 11.8 Å². The quantitative estimate of drug-likeness (QED) is 0.786. The summed E-state index contributed by atoms with van der Waals surface area (Å²) in [7, 11) is 1.51. The number of benzene rings is 1. The van der Waals surface area contributed by atoms with Crippen molar-refractivity contribution in [1.82, 2.24) is 5.32 Å². The summed E-state index contributed by atoms with van der Waals surface area (Å²) in [6.45, 7) is 0. The van der Waals surface area contributed by atoms with Crippen LogP contribution in [-0.2, 0) is 9.59 Å². The number of anilines is 1. The molecule has 0 aliphatic heterocycles. The van der Waals surface area contributed by atoms with Gasteiger partial charge in [-0.1, -0.05) is 18.0 Å². The van der Waals surface area contributed by atoms with E-state index in [0.29, 0.717) is 30.5 Å². The average Bonchev–Trinajstić information content (AvgIpc) is 2.54. The second-order valence-corrected chi connectivity index (χ2v) is 6.07. The second-order valence-electron chi connectivity index (χ2n) is 5.66. The van der Waals surface area contributed by atoms with Gasteiger partial charge in [-0.3, -0.25) is 14.4 Å². The molecule has 124 valence electrons. The van der Waals surface area contributed by atoms with Gasteiger partial charge < -0.3 is 15.7 Å². The molecular formula is C16H19ClN2O4. The Morgan fingerprint density at radius 1 is 1.22 bits per heavy atom. The van der Waals surface area contributed by atoms with Crippen molar-refractivity contribution in [2.24, 2.45) is 11.8 Å². The number of rotatable bonds is 4. The van der Waals surface area contributed by atoms with Crippen molar-refractivity contribution < 1.29 is 19.5 Å². The van der Waals surface area contributed by atoms with Crippen LogP contribution in [0.5, 0.6) is 0 Å². The molecule has 23 heavy (non-hydrogen) atoms. The van der Waals surface area contributed by atoms with E-state index in [1.807, 2.05) is 0 Å². The first-order valence-electron chi connectivity index (χ1n) is 7.47. The van der Waals surface area contributed by atoms with Gasteiger partial charge in [0.1, 0.15) is 0 Å². The second kappa shape index (κ2) is 7.46. The van der Waals surface area contributed by atoms with E-state index in [9.17, 15) is 14.4 Å². The maximum Gasteiger partial charge on any atom is 0.306 e. The fourth-order valence-electron chi connectivity index (χ4n) is 2.81. The number of carbonyl (C=O) groups excluding carboxylic acids is 2. The third-order valence-electron chi connectivity index (χ3n) is 4.10. The lowest BCUT2D eigenvalue weighted by Gasteiger charge is -2.25. The lowest BCUT2D eigenvalue weighted by Crippen LogP contribution is -2.31. The van der Waals surface area contributed by atoms with Gasteiger partial charge in [-0.2, -0.15) is 0 Å². The number of carbonyl (C=O) groups is 3. The molecule has 1 aromatic rings. The van der Waals surface area contributed by atoms with Crippen molar-refractivity contribution in [2.75, 3.05) is 12.4 Å². The summed E-state index contributed by atoms with van der Waals surface area (Å²) in [4.78, 5) is 34.9. The Bertz CT molecular complexity index is 633. The highest BCUT2D eigenvalue weighted by molar-refractivity contribution is 6.34. The minimum Gasteiger partial charge on any atom is -0.481 e. The monoisotopic (exact) mass is 338 g/mol. The van der Waals surface area contributed by atoms with Crippen LogP contribution in [0.15, 0.2) is 18.2 Å². The van der Waals surface area contributed by atoms with Crippen molar-refractivity contribution in [2.45, 2.75) is 25.7 Å². The summed E-state index contributed by atoms with van der Waals surface area (Å²) < 4.78 is 0. The van der Waals surface area contributed by atoms with Crippen molar-refractivity contribution in [3.05, 3.63) is 28.8 Å². The fraction of sp³-hybridized carbons (Fsp3) is 0.438. The lowest BCUT2D eigenvalue weighted by molar-refractivity contribution is -0.143. The largest absolute Gasteiger partial charge is 0.481 e.